The number of carboxylic acids is 1. The number of aliphatic carboxylic acids is 1. The van der Waals surface area contributed by atoms with Crippen molar-refractivity contribution in [2.24, 2.45) is 11.8 Å². The van der Waals surface area contributed by atoms with Gasteiger partial charge in [0.2, 0.25) is 0 Å². The zero-order valence-corrected chi connectivity index (χ0v) is 23.3. The van der Waals surface area contributed by atoms with E-state index in [1.807, 2.05) is 11.8 Å². The SMILES string of the molecule is C=C1CC[C@H](CCCCSc2ccc(Br)cc2)[C@H]1C[C@H]1OC1CCC(OC(C)=O)(OC(C)=O)C(=O)O. The highest BCUT2D eigenvalue weighted by Gasteiger charge is 2.50. The van der Waals surface area contributed by atoms with E-state index in [0.717, 1.165) is 43.3 Å². The number of thioether (sulfide) groups is 1. The van der Waals surface area contributed by atoms with E-state index in [-0.39, 0.29) is 18.6 Å². The molecule has 3 rings (SSSR count). The van der Waals surface area contributed by atoms with Crippen LogP contribution in [0.15, 0.2) is 45.8 Å². The van der Waals surface area contributed by atoms with Crippen molar-refractivity contribution in [3.8, 4) is 0 Å². The third kappa shape index (κ3) is 8.35. The summed E-state index contributed by atoms with van der Waals surface area (Å²) in [6.07, 6.45) is 6.60. The molecule has 9 heteroatoms. The molecule has 1 aromatic rings. The van der Waals surface area contributed by atoms with Gasteiger partial charge in [-0.3, -0.25) is 9.59 Å². The van der Waals surface area contributed by atoms with E-state index in [2.05, 4.69) is 46.8 Å². The number of epoxide rings is 1. The molecule has 1 unspecified atom stereocenters. The fraction of sp³-hybridized carbons (Fsp3) is 0.593. The van der Waals surface area contributed by atoms with Crippen LogP contribution in [0, 0.1) is 11.8 Å². The predicted octanol–water partition coefficient (Wildman–Crippen LogP) is 6.14. The van der Waals surface area contributed by atoms with Crippen molar-refractivity contribution < 1.29 is 33.7 Å². The number of carbonyl (C=O) groups excluding carboxylic acids is 2. The molecule has 4 atom stereocenters. The van der Waals surface area contributed by atoms with Gasteiger partial charge in [0.1, 0.15) is 0 Å². The first-order valence-corrected chi connectivity index (χ1v) is 14.2. The summed E-state index contributed by atoms with van der Waals surface area (Å²) in [6.45, 7) is 6.47. The third-order valence-corrected chi connectivity index (χ3v) is 8.48. The second-order valence-electron chi connectivity index (χ2n) is 9.59. The number of unbranched alkanes of at least 4 members (excludes halogenated alkanes) is 1. The standard InChI is InChI=1S/C27H35BrO7S/c1-17-7-8-20(6-4-5-15-36-22-11-9-21(28)10-12-22)23(17)16-25-24(33-25)13-14-27(26(31)32,34-18(2)29)35-19(3)30/h9-12,20,23-25H,1,4-8,13-16H2,2-3H3,(H,31,32)/t20-,23-,24?,25+/m0/s1. The summed E-state index contributed by atoms with van der Waals surface area (Å²) < 4.78 is 16.8. The van der Waals surface area contributed by atoms with Crippen LogP contribution in [0.5, 0.6) is 0 Å². The number of esters is 2. The summed E-state index contributed by atoms with van der Waals surface area (Å²) in [4.78, 5) is 36.0. The summed E-state index contributed by atoms with van der Waals surface area (Å²) in [5, 5.41) is 9.61. The Morgan fingerprint density at radius 3 is 2.39 bits per heavy atom. The Labute approximate surface area is 225 Å². The molecule has 0 bridgehead atoms. The van der Waals surface area contributed by atoms with Crippen molar-refractivity contribution >= 4 is 45.6 Å². The maximum atomic E-state index is 11.8. The molecule has 2 fully saturated rings. The summed E-state index contributed by atoms with van der Waals surface area (Å²) in [5.41, 5.74) is 1.28. The summed E-state index contributed by atoms with van der Waals surface area (Å²) in [5.74, 6) is -3.37. The number of allylic oxidation sites excluding steroid dienone is 1. The van der Waals surface area contributed by atoms with Gasteiger partial charge in [-0.2, -0.15) is 0 Å². The van der Waals surface area contributed by atoms with Gasteiger partial charge in [-0.05, 0) is 80.4 Å². The molecule has 7 nitrogen and oxygen atoms in total. The lowest BCUT2D eigenvalue weighted by Crippen LogP contribution is -2.47. The van der Waals surface area contributed by atoms with Crippen LogP contribution in [0.25, 0.3) is 0 Å². The van der Waals surface area contributed by atoms with Crippen LogP contribution in [0.1, 0.15) is 65.2 Å². The average molecular weight is 584 g/mol. The Kier molecular flexibility index (Phi) is 10.5. The molecule has 0 amide bonds. The van der Waals surface area contributed by atoms with Crippen LogP contribution in [0.2, 0.25) is 0 Å². The molecular weight excluding hydrogens is 548 g/mol. The van der Waals surface area contributed by atoms with Gasteiger partial charge >= 0.3 is 23.7 Å². The van der Waals surface area contributed by atoms with Gasteiger partial charge < -0.3 is 19.3 Å². The number of ether oxygens (including phenoxy) is 3. The fourth-order valence-electron chi connectivity index (χ4n) is 5.03. The number of hydrogen-bond acceptors (Lipinski definition) is 7. The molecule has 0 spiro atoms. The van der Waals surface area contributed by atoms with Crippen LogP contribution in [0.4, 0.5) is 0 Å². The van der Waals surface area contributed by atoms with Crippen molar-refractivity contribution in [1.82, 2.24) is 0 Å². The highest BCUT2D eigenvalue weighted by Crippen LogP contribution is 2.45. The van der Waals surface area contributed by atoms with E-state index < -0.39 is 23.7 Å². The first-order valence-electron chi connectivity index (χ1n) is 12.4. The first kappa shape index (κ1) is 28.7. The normalized spacial score (nSPS) is 23.4. The van der Waals surface area contributed by atoms with Gasteiger partial charge in [-0.15, -0.1) is 11.8 Å². The second kappa shape index (κ2) is 13.1. The monoisotopic (exact) mass is 582 g/mol. The van der Waals surface area contributed by atoms with E-state index in [9.17, 15) is 19.5 Å². The Balaban J connectivity index is 1.43. The first-order chi connectivity index (χ1) is 17.1. The molecule has 0 aromatic heterocycles. The topological polar surface area (TPSA) is 102 Å². The Morgan fingerprint density at radius 1 is 1.11 bits per heavy atom. The summed E-state index contributed by atoms with van der Waals surface area (Å²) in [6, 6.07) is 8.41. The smallest absolute Gasteiger partial charge is 0.390 e. The van der Waals surface area contributed by atoms with Crippen molar-refractivity contribution in [3.63, 3.8) is 0 Å². The molecule has 1 aliphatic carbocycles. The number of hydrogen-bond donors (Lipinski definition) is 1. The Bertz CT molecular complexity index is 932. The number of benzene rings is 1. The Hall–Kier alpha value is -1.84. The molecule has 1 aliphatic heterocycles. The Morgan fingerprint density at radius 2 is 1.78 bits per heavy atom. The lowest BCUT2D eigenvalue weighted by atomic mass is 9.85. The molecule has 0 radical (unpaired) electrons. The molecule has 2 aliphatic rings. The fourth-order valence-corrected chi connectivity index (χ4v) is 6.21. The molecule has 1 heterocycles. The van der Waals surface area contributed by atoms with Gasteiger partial charge in [0.15, 0.2) is 0 Å². The molecule has 36 heavy (non-hydrogen) atoms. The van der Waals surface area contributed by atoms with Gasteiger partial charge in [-0.25, -0.2) is 4.79 Å². The molecular formula is C27H35BrO7S. The second-order valence-corrected chi connectivity index (χ2v) is 11.7. The quantitative estimate of drug-likeness (QED) is 0.0696. The number of carbonyl (C=O) groups is 3. The van der Waals surface area contributed by atoms with Crippen molar-refractivity contribution in [2.75, 3.05) is 5.75 Å². The summed E-state index contributed by atoms with van der Waals surface area (Å²) >= 11 is 5.35. The summed E-state index contributed by atoms with van der Waals surface area (Å²) in [7, 11) is 0. The number of carboxylic acid groups (broad SMARTS) is 1. The van der Waals surface area contributed by atoms with Crippen LogP contribution < -0.4 is 0 Å². The van der Waals surface area contributed by atoms with Crippen molar-refractivity contribution in [1.29, 1.82) is 0 Å². The van der Waals surface area contributed by atoms with E-state index >= 15 is 0 Å². The van der Waals surface area contributed by atoms with Gasteiger partial charge in [0, 0.05) is 29.6 Å². The molecule has 1 saturated heterocycles. The number of halogens is 1. The van der Waals surface area contributed by atoms with Crippen LogP contribution in [-0.4, -0.2) is 46.8 Å². The van der Waals surface area contributed by atoms with Crippen molar-refractivity contribution in [3.05, 3.63) is 40.9 Å². The van der Waals surface area contributed by atoms with E-state index in [1.54, 1.807) is 0 Å². The minimum absolute atomic E-state index is 0.0152. The van der Waals surface area contributed by atoms with E-state index in [0.29, 0.717) is 18.3 Å². The van der Waals surface area contributed by atoms with Crippen LogP contribution in [0.3, 0.4) is 0 Å². The van der Waals surface area contributed by atoms with Gasteiger partial charge in [-0.1, -0.05) is 34.5 Å². The third-order valence-electron chi connectivity index (χ3n) is 6.86. The number of rotatable bonds is 14. The highest BCUT2D eigenvalue weighted by atomic mass is 79.9. The van der Waals surface area contributed by atoms with Crippen LogP contribution in [-0.2, 0) is 28.6 Å². The molecule has 1 saturated carbocycles. The molecule has 1 aromatic carbocycles. The minimum atomic E-state index is -2.32. The lowest BCUT2D eigenvalue weighted by Gasteiger charge is -2.27. The largest absolute Gasteiger partial charge is 0.475 e. The highest BCUT2D eigenvalue weighted by molar-refractivity contribution is 9.10. The zero-order chi connectivity index (χ0) is 26.3. The van der Waals surface area contributed by atoms with Gasteiger partial charge in [0.05, 0.1) is 12.2 Å². The average Bonchev–Trinajstić information content (AvgIpc) is 3.47. The predicted molar refractivity (Wildman–Crippen MR) is 140 cm³/mol. The zero-order valence-electron chi connectivity index (χ0n) is 20.9. The van der Waals surface area contributed by atoms with E-state index in [1.165, 1.54) is 29.7 Å². The lowest BCUT2D eigenvalue weighted by molar-refractivity contribution is -0.237. The molecule has 198 valence electrons. The maximum Gasteiger partial charge on any atom is 0.390 e. The van der Waals surface area contributed by atoms with Crippen LogP contribution >= 0.6 is 27.7 Å². The van der Waals surface area contributed by atoms with Gasteiger partial charge in [0.25, 0.3) is 0 Å². The maximum absolute atomic E-state index is 11.8. The van der Waals surface area contributed by atoms with Crippen molar-refractivity contribution in [2.45, 2.75) is 88.1 Å². The van der Waals surface area contributed by atoms with E-state index in [4.69, 9.17) is 14.2 Å². The minimum Gasteiger partial charge on any atom is -0.475 e. The molecule has 1 N–H and O–H groups in total.